The van der Waals surface area contributed by atoms with Gasteiger partial charge in [0.25, 0.3) is 5.91 Å². The average Bonchev–Trinajstić information content (AvgIpc) is 2.51. The fraction of sp³-hybridized carbons (Fsp3) is 0.700. The van der Waals surface area contributed by atoms with Crippen molar-refractivity contribution in [1.82, 2.24) is 4.90 Å². The van der Waals surface area contributed by atoms with Gasteiger partial charge in [0.1, 0.15) is 0 Å². The zero-order valence-corrected chi connectivity index (χ0v) is 7.71. The molecule has 66 valence electrons. The van der Waals surface area contributed by atoms with Crippen LogP contribution in [0.2, 0.25) is 0 Å². The Balaban J connectivity index is 2.47. The molecule has 1 rings (SSSR count). The zero-order valence-electron chi connectivity index (χ0n) is 7.71. The van der Waals surface area contributed by atoms with Gasteiger partial charge < -0.3 is 4.90 Å². The first-order valence-electron chi connectivity index (χ1n) is 4.40. The Bertz CT molecular complexity index is 214. The number of hydrogen-bond donors (Lipinski definition) is 0. The number of terminal acetylenes is 1. The SMILES string of the molecule is C#CC(=O)N1CCC(C(C)C)C1. The van der Waals surface area contributed by atoms with Crippen LogP contribution in [-0.4, -0.2) is 23.9 Å². The van der Waals surface area contributed by atoms with E-state index in [1.165, 1.54) is 0 Å². The first-order chi connectivity index (χ1) is 5.65. The number of rotatable bonds is 1. The van der Waals surface area contributed by atoms with E-state index in [4.69, 9.17) is 6.42 Å². The monoisotopic (exact) mass is 165 g/mol. The summed E-state index contributed by atoms with van der Waals surface area (Å²) in [7, 11) is 0. The Labute approximate surface area is 73.9 Å². The number of likely N-dealkylation sites (tertiary alicyclic amines) is 1. The number of carbonyl (C=O) groups is 1. The first-order valence-corrected chi connectivity index (χ1v) is 4.40. The molecule has 0 bridgehead atoms. The molecule has 12 heavy (non-hydrogen) atoms. The van der Waals surface area contributed by atoms with Gasteiger partial charge in [-0.05, 0) is 24.2 Å². The predicted molar refractivity (Wildman–Crippen MR) is 48.4 cm³/mol. The third-order valence-electron chi connectivity index (χ3n) is 2.58. The van der Waals surface area contributed by atoms with Crippen LogP contribution in [0.3, 0.4) is 0 Å². The molecule has 1 amide bonds. The number of nitrogens with zero attached hydrogens (tertiary/aromatic N) is 1. The second kappa shape index (κ2) is 3.62. The smallest absolute Gasteiger partial charge is 0.298 e. The largest absolute Gasteiger partial charge is 0.332 e. The minimum absolute atomic E-state index is 0.154. The summed E-state index contributed by atoms with van der Waals surface area (Å²) in [6, 6.07) is 0. The number of carbonyl (C=O) groups excluding carboxylic acids is 1. The lowest BCUT2D eigenvalue weighted by atomic mass is 9.95. The van der Waals surface area contributed by atoms with E-state index in [9.17, 15) is 4.79 Å². The molecule has 0 aromatic carbocycles. The highest BCUT2D eigenvalue weighted by Gasteiger charge is 2.26. The van der Waals surface area contributed by atoms with Gasteiger partial charge in [-0.3, -0.25) is 4.79 Å². The van der Waals surface area contributed by atoms with Crippen LogP contribution in [0.15, 0.2) is 0 Å². The molecule has 0 radical (unpaired) electrons. The molecule has 1 fully saturated rings. The highest BCUT2D eigenvalue weighted by atomic mass is 16.2. The summed E-state index contributed by atoms with van der Waals surface area (Å²) in [4.78, 5) is 12.8. The summed E-state index contributed by atoms with van der Waals surface area (Å²) >= 11 is 0. The van der Waals surface area contributed by atoms with Crippen LogP contribution in [0.1, 0.15) is 20.3 Å². The number of amides is 1. The maximum atomic E-state index is 11.1. The molecule has 2 nitrogen and oxygen atoms in total. The quantitative estimate of drug-likeness (QED) is 0.533. The molecule has 1 aliphatic heterocycles. The van der Waals surface area contributed by atoms with Crippen LogP contribution < -0.4 is 0 Å². The second-order valence-corrected chi connectivity index (χ2v) is 3.69. The van der Waals surface area contributed by atoms with Crippen LogP contribution in [0, 0.1) is 24.2 Å². The summed E-state index contributed by atoms with van der Waals surface area (Å²) in [6.07, 6.45) is 6.13. The van der Waals surface area contributed by atoms with Crippen LogP contribution in [0.5, 0.6) is 0 Å². The van der Waals surface area contributed by atoms with Crippen LogP contribution >= 0.6 is 0 Å². The van der Waals surface area contributed by atoms with Gasteiger partial charge in [-0.25, -0.2) is 0 Å². The van der Waals surface area contributed by atoms with Crippen molar-refractivity contribution in [3.63, 3.8) is 0 Å². The van der Waals surface area contributed by atoms with Crippen LogP contribution in [0.4, 0.5) is 0 Å². The van der Waals surface area contributed by atoms with E-state index >= 15 is 0 Å². The van der Waals surface area contributed by atoms with Crippen molar-refractivity contribution in [3.8, 4) is 12.3 Å². The summed E-state index contributed by atoms with van der Waals surface area (Å²) in [5, 5.41) is 0. The van der Waals surface area contributed by atoms with Gasteiger partial charge in [0.15, 0.2) is 0 Å². The Morgan fingerprint density at radius 1 is 1.67 bits per heavy atom. The first kappa shape index (κ1) is 9.12. The molecular weight excluding hydrogens is 150 g/mol. The summed E-state index contributed by atoms with van der Waals surface area (Å²) in [5.74, 6) is 3.29. The van der Waals surface area contributed by atoms with E-state index in [0.29, 0.717) is 11.8 Å². The second-order valence-electron chi connectivity index (χ2n) is 3.69. The van der Waals surface area contributed by atoms with Gasteiger partial charge in [-0.15, -0.1) is 6.42 Å². The lowest BCUT2D eigenvalue weighted by Gasteiger charge is -2.15. The van der Waals surface area contributed by atoms with E-state index in [1.807, 2.05) is 0 Å². The standard InChI is InChI=1S/C10H15NO/c1-4-10(12)11-6-5-9(7-11)8(2)3/h1,8-9H,5-7H2,2-3H3. The molecule has 1 heterocycles. The van der Waals surface area contributed by atoms with Gasteiger partial charge >= 0.3 is 0 Å². The topological polar surface area (TPSA) is 20.3 Å². The van der Waals surface area contributed by atoms with E-state index < -0.39 is 0 Å². The van der Waals surface area contributed by atoms with Gasteiger partial charge in [0, 0.05) is 13.1 Å². The van der Waals surface area contributed by atoms with E-state index in [2.05, 4.69) is 19.8 Å². The van der Waals surface area contributed by atoms with Gasteiger partial charge in [0.2, 0.25) is 0 Å². The van der Waals surface area contributed by atoms with Crippen molar-refractivity contribution < 1.29 is 4.79 Å². The minimum atomic E-state index is -0.154. The maximum absolute atomic E-state index is 11.1. The fourth-order valence-corrected chi connectivity index (χ4v) is 1.61. The molecule has 0 N–H and O–H groups in total. The molecule has 2 heteroatoms. The summed E-state index contributed by atoms with van der Waals surface area (Å²) in [5.41, 5.74) is 0. The van der Waals surface area contributed by atoms with E-state index in [1.54, 1.807) is 4.90 Å². The minimum Gasteiger partial charge on any atom is -0.332 e. The molecule has 0 aliphatic carbocycles. The number of hydrogen-bond acceptors (Lipinski definition) is 1. The fourth-order valence-electron chi connectivity index (χ4n) is 1.61. The molecule has 1 aliphatic rings. The van der Waals surface area contributed by atoms with Crippen molar-refractivity contribution in [2.24, 2.45) is 11.8 Å². The highest BCUT2D eigenvalue weighted by Crippen LogP contribution is 2.23. The summed E-state index contributed by atoms with van der Waals surface area (Å²) < 4.78 is 0. The Morgan fingerprint density at radius 2 is 2.33 bits per heavy atom. The lowest BCUT2D eigenvalue weighted by Crippen LogP contribution is -2.27. The molecule has 0 spiro atoms. The molecule has 0 aromatic rings. The molecular formula is C10H15NO. The van der Waals surface area contributed by atoms with Crippen LogP contribution in [0.25, 0.3) is 0 Å². The molecule has 0 aromatic heterocycles. The van der Waals surface area contributed by atoms with Gasteiger partial charge in [-0.1, -0.05) is 13.8 Å². The Morgan fingerprint density at radius 3 is 2.75 bits per heavy atom. The Kier molecular flexibility index (Phi) is 2.75. The predicted octanol–water partition coefficient (Wildman–Crippen LogP) is 1.12. The van der Waals surface area contributed by atoms with Crippen molar-refractivity contribution in [1.29, 1.82) is 0 Å². The molecule has 0 saturated carbocycles. The van der Waals surface area contributed by atoms with E-state index in [-0.39, 0.29) is 5.91 Å². The molecule has 1 atom stereocenters. The maximum Gasteiger partial charge on any atom is 0.298 e. The summed E-state index contributed by atoms with van der Waals surface area (Å²) in [6.45, 7) is 6.07. The highest BCUT2D eigenvalue weighted by molar-refractivity contribution is 5.93. The van der Waals surface area contributed by atoms with Crippen molar-refractivity contribution in [3.05, 3.63) is 0 Å². The normalized spacial score (nSPS) is 22.8. The van der Waals surface area contributed by atoms with Gasteiger partial charge in [-0.2, -0.15) is 0 Å². The van der Waals surface area contributed by atoms with Crippen molar-refractivity contribution >= 4 is 5.91 Å². The van der Waals surface area contributed by atoms with Crippen molar-refractivity contribution in [2.45, 2.75) is 20.3 Å². The molecule has 1 saturated heterocycles. The van der Waals surface area contributed by atoms with Crippen molar-refractivity contribution in [2.75, 3.05) is 13.1 Å². The zero-order chi connectivity index (χ0) is 9.14. The van der Waals surface area contributed by atoms with Crippen LogP contribution in [-0.2, 0) is 4.79 Å². The Hall–Kier alpha value is -0.970. The van der Waals surface area contributed by atoms with E-state index in [0.717, 1.165) is 19.5 Å². The molecule has 1 unspecified atom stereocenters. The lowest BCUT2D eigenvalue weighted by molar-refractivity contribution is -0.124. The third-order valence-corrected chi connectivity index (χ3v) is 2.58. The van der Waals surface area contributed by atoms with Gasteiger partial charge in [0.05, 0.1) is 0 Å². The average molecular weight is 165 g/mol. The third kappa shape index (κ3) is 1.79.